The lowest BCUT2D eigenvalue weighted by Gasteiger charge is -2.27. The van der Waals surface area contributed by atoms with E-state index in [0.29, 0.717) is 11.4 Å². The fourth-order valence-corrected chi connectivity index (χ4v) is 5.28. The Bertz CT molecular complexity index is 1650. The van der Waals surface area contributed by atoms with E-state index in [2.05, 4.69) is 65.9 Å². The van der Waals surface area contributed by atoms with E-state index in [0.717, 1.165) is 64.2 Å². The number of anilines is 2. The fraction of sp³-hybridized carbons (Fsp3) is 0.222. The predicted octanol–water partition coefficient (Wildman–Crippen LogP) is 4.45. The van der Waals surface area contributed by atoms with Crippen LogP contribution in [0.3, 0.4) is 0 Å². The molecule has 4 heterocycles. The van der Waals surface area contributed by atoms with Crippen LogP contribution in [0.1, 0.15) is 35.8 Å². The Kier molecular flexibility index (Phi) is 5.15. The van der Waals surface area contributed by atoms with Crippen molar-refractivity contribution in [2.45, 2.75) is 25.8 Å². The van der Waals surface area contributed by atoms with Gasteiger partial charge < -0.3 is 15.4 Å². The van der Waals surface area contributed by atoms with Crippen LogP contribution in [-0.4, -0.2) is 38.2 Å². The number of nitrogens with two attached hydrogens (primary N) is 1. The number of nitrogen functional groups attached to an aromatic ring is 1. The highest BCUT2D eigenvalue weighted by Crippen LogP contribution is 2.41. The van der Waals surface area contributed by atoms with Gasteiger partial charge in [0.15, 0.2) is 11.5 Å². The number of nitrogens with zero attached hydrogens (tertiary/aromatic N) is 7. The van der Waals surface area contributed by atoms with Gasteiger partial charge in [-0.05, 0) is 42.8 Å². The lowest BCUT2D eigenvalue weighted by Crippen LogP contribution is -2.25. The molecule has 0 spiro atoms. The van der Waals surface area contributed by atoms with Gasteiger partial charge in [0.2, 0.25) is 0 Å². The van der Waals surface area contributed by atoms with Crippen LogP contribution in [0.25, 0.3) is 27.7 Å². The molecule has 0 radical (unpaired) electrons. The summed E-state index contributed by atoms with van der Waals surface area (Å²) in [6.45, 7) is 2.71. The third kappa shape index (κ3) is 3.30. The van der Waals surface area contributed by atoms with E-state index in [9.17, 15) is 5.26 Å². The zero-order chi connectivity index (χ0) is 24.8. The highest BCUT2D eigenvalue weighted by Gasteiger charge is 2.32. The molecular weight excluding hydrogens is 452 g/mol. The highest BCUT2D eigenvalue weighted by molar-refractivity contribution is 5.91. The quantitative estimate of drug-likeness (QED) is 0.404. The number of benzene rings is 2. The number of hydrogen-bond donors (Lipinski definition) is 1. The molecule has 1 atom stereocenters. The topological polar surface area (TPSA) is 118 Å². The maximum absolute atomic E-state index is 9.75. The molecule has 0 aliphatic carbocycles. The number of rotatable bonds is 4. The average Bonchev–Trinajstić information content (AvgIpc) is 3.55. The Hall–Kier alpha value is -4.71. The number of hydrogen-bond acceptors (Lipinski definition) is 8. The van der Waals surface area contributed by atoms with E-state index < -0.39 is 0 Å². The van der Waals surface area contributed by atoms with Crippen LogP contribution in [0, 0.1) is 18.3 Å². The molecule has 9 nitrogen and oxygen atoms in total. The van der Waals surface area contributed by atoms with Crippen molar-refractivity contribution in [3.8, 4) is 22.9 Å². The second-order valence-corrected chi connectivity index (χ2v) is 8.90. The summed E-state index contributed by atoms with van der Waals surface area (Å²) >= 11 is 0. The first kappa shape index (κ1) is 21.8. The summed E-state index contributed by atoms with van der Waals surface area (Å²) in [6.07, 6.45) is 3.26. The van der Waals surface area contributed by atoms with Crippen LogP contribution in [0.2, 0.25) is 0 Å². The van der Waals surface area contributed by atoms with Crippen molar-refractivity contribution in [3.63, 3.8) is 0 Å². The van der Waals surface area contributed by atoms with Gasteiger partial charge >= 0.3 is 0 Å². The van der Waals surface area contributed by atoms with Gasteiger partial charge in [0.25, 0.3) is 0 Å². The molecule has 1 unspecified atom stereocenters. The van der Waals surface area contributed by atoms with E-state index in [1.165, 1.54) is 6.33 Å². The number of ether oxygens (including phenoxy) is 1. The first-order valence-electron chi connectivity index (χ1n) is 11.8. The average molecular weight is 477 g/mol. The first-order valence-corrected chi connectivity index (χ1v) is 11.8. The molecule has 36 heavy (non-hydrogen) atoms. The van der Waals surface area contributed by atoms with Gasteiger partial charge in [-0.3, -0.25) is 4.40 Å². The third-order valence-electron chi connectivity index (χ3n) is 6.92. The Balaban J connectivity index is 1.59. The van der Waals surface area contributed by atoms with Gasteiger partial charge in [-0.25, -0.2) is 9.97 Å². The molecular formula is C27H24N8O. The van der Waals surface area contributed by atoms with Gasteiger partial charge in [0, 0.05) is 23.7 Å². The zero-order valence-corrected chi connectivity index (χ0v) is 20.0. The fourth-order valence-electron chi connectivity index (χ4n) is 5.28. The lowest BCUT2D eigenvalue weighted by molar-refractivity contribution is 0.417. The summed E-state index contributed by atoms with van der Waals surface area (Å²) in [5.41, 5.74) is 11.2. The normalized spacial score (nSPS) is 15.5. The summed E-state index contributed by atoms with van der Waals surface area (Å²) in [6, 6.07) is 18.7. The number of methoxy groups -OCH3 is 1. The maximum Gasteiger partial charge on any atom is 0.166 e. The van der Waals surface area contributed by atoms with Gasteiger partial charge in [-0.1, -0.05) is 30.3 Å². The monoisotopic (exact) mass is 476 g/mol. The van der Waals surface area contributed by atoms with Gasteiger partial charge in [-0.2, -0.15) is 5.26 Å². The Morgan fingerprint density at radius 1 is 1.11 bits per heavy atom. The van der Waals surface area contributed by atoms with E-state index in [1.54, 1.807) is 7.11 Å². The van der Waals surface area contributed by atoms with Crippen LogP contribution in [0.15, 0.2) is 54.9 Å². The summed E-state index contributed by atoms with van der Waals surface area (Å²) in [5, 5.41) is 19.8. The number of aromatic nitrogens is 5. The molecule has 1 fully saturated rings. The van der Waals surface area contributed by atoms with Crippen LogP contribution in [0.4, 0.5) is 11.6 Å². The largest absolute Gasteiger partial charge is 0.496 e. The van der Waals surface area contributed by atoms with Crippen LogP contribution in [0.5, 0.6) is 5.75 Å². The van der Waals surface area contributed by atoms with Crippen molar-refractivity contribution in [1.29, 1.82) is 5.26 Å². The molecule has 3 aromatic heterocycles. The Morgan fingerprint density at radius 2 is 1.94 bits per heavy atom. The van der Waals surface area contributed by atoms with Gasteiger partial charge in [0.1, 0.15) is 35.4 Å². The molecule has 5 aromatic rings. The summed E-state index contributed by atoms with van der Waals surface area (Å²) in [5.74, 6) is 2.32. The molecule has 1 aliphatic heterocycles. The number of aryl methyl sites for hydroxylation is 1. The van der Waals surface area contributed by atoms with Crippen molar-refractivity contribution < 1.29 is 4.74 Å². The van der Waals surface area contributed by atoms with Crippen LogP contribution >= 0.6 is 0 Å². The summed E-state index contributed by atoms with van der Waals surface area (Å²) in [7, 11) is 1.69. The van der Waals surface area contributed by atoms with Crippen molar-refractivity contribution in [1.82, 2.24) is 24.6 Å². The summed E-state index contributed by atoms with van der Waals surface area (Å²) in [4.78, 5) is 10.6. The molecule has 2 aromatic carbocycles. The minimum absolute atomic E-state index is 0.0378. The smallest absolute Gasteiger partial charge is 0.166 e. The maximum atomic E-state index is 9.75. The van der Waals surface area contributed by atoms with Crippen molar-refractivity contribution >= 4 is 28.2 Å². The second kappa shape index (κ2) is 8.50. The van der Waals surface area contributed by atoms with Crippen LogP contribution < -0.4 is 15.4 Å². The molecule has 6 rings (SSSR count). The molecule has 178 valence electrons. The predicted molar refractivity (Wildman–Crippen MR) is 138 cm³/mol. The molecule has 2 N–H and O–H groups in total. The molecule has 9 heteroatoms. The third-order valence-corrected chi connectivity index (χ3v) is 6.92. The first-order chi connectivity index (χ1) is 17.6. The molecule has 0 bridgehead atoms. The van der Waals surface area contributed by atoms with E-state index in [1.807, 2.05) is 25.1 Å². The Labute approximate surface area is 207 Å². The van der Waals surface area contributed by atoms with E-state index >= 15 is 0 Å². The van der Waals surface area contributed by atoms with Gasteiger partial charge in [-0.15, -0.1) is 10.2 Å². The summed E-state index contributed by atoms with van der Waals surface area (Å²) < 4.78 is 7.88. The standard InChI is InChI=1S/C27H24N8O/c1-16-32-33-27-20(22-9-6-10-34(22)26-21(14-28)25(29)30-15-31-26)12-18-11-19(17-7-4-3-5-8-17)24(36-2)13-23(18)35(16)27/h3-5,7-8,11-13,15,22H,6,9-10H2,1-2H3,(H2,29,30,31). The molecule has 0 amide bonds. The van der Waals surface area contributed by atoms with Gasteiger partial charge in [0.05, 0.1) is 18.7 Å². The molecule has 1 saturated heterocycles. The highest BCUT2D eigenvalue weighted by atomic mass is 16.5. The van der Waals surface area contributed by atoms with E-state index in [-0.39, 0.29) is 11.9 Å². The molecule has 0 saturated carbocycles. The van der Waals surface area contributed by atoms with Crippen LogP contribution in [-0.2, 0) is 0 Å². The van der Waals surface area contributed by atoms with E-state index in [4.69, 9.17) is 10.5 Å². The number of pyridine rings is 1. The van der Waals surface area contributed by atoms with Crippen molar-refractivity contribution in [2.24, 2.45) is 0 Å². The second-order valence-electron chi connectivity index (χ2n) is 8.90. The minimum Gasteiger partial charge on any atom is -0.496 e. The SMILES string of the molecule is COc1cc2c(cc1-c1ccccc1)cc(C1CCCN1c1ncnc(N)c1C#N)c1nnc(C)n12. The number of fused-ring (bicyclic) bond motifs is 3. The van der Waals surface area contributed by atoms with Crippen molar-refractivity contribution in [2.75, 3.05) is 24.3 Å². The number of nitriles is 1. The lowest BCUT2D eigenvalue weighted by atomic mass is 9.98. The Morgan fingerprint density at radius 3 is 2.72 bits per heavy atom. The minimum atomic E-state index is -0.0378. The van der Waals surface area contributed by atoms with Crippen molar-refractivity contribution in [3.05, 3.63) is 71.8 Å². The zero-order valence-electron chi connectivity index (χ0n) is 20.0. The molecule has 1 aliphatic rings.